The minimum Gasteiger partial charge on any atom is -0.445 e. The van der Waals surface area contributed by atoms with Crippen LogP contribution in [0, 0.1) is 18.8 Å². The second-order valence-electron chi connectivity index (χ2n) is 15.7. The van der Waals surface area contributed by atoms with Gasteiger partial charge in [-0.1, -0.05) is 74.5 Å². The van der Waals surface area contributed by atoms with Gasteiger partial charge < -0.3 is 24.4 Å². The summed E-state index contributed by atoms with van der Waals surface area (Å²) in [6.45, 7) is 9.92. The molecule has 0 saturated carbocycles. The number of ether oxygens (including phenoxy) is 1. The van der Waals surface area contributed by atoms with Crippen LogP contribution in [0.2, 0.25) is 0 Å². The van der Waals surface area contributed by atoms with Gasteiger partial charge in [0.25, 0.3) is 0 Å². The normalized spacial score (nSPS) is 22.8. The lowest BCUT2D eigenvalue weighted by atomic mass is 9.91. The summed E-state index contributed by atoms with van der Waals surface area (Å²) in [7, 11) is 0. The van der Waals surface area contributed by atoms with Gasteiger partial charge in [-0.2, -0.15) is 0 Å². The molecule has 0 spiro atoms. The molecule has 4 fully saturated rings. The Morgan fingerprint density at radius 3 is 2.31 bits per heavy atom. The number of rotatable bonds is 13. The summed E-state index contributed by atoms with van der Waals surface area (Å²) < 4.78 is 7.90. The molecule has 1 aromatic heterocycles. The maximum absolute atomic E-state index is 13.6. The van der Waals surface area contributed by atoms with E-state index in [1.165, 1.54) is 12.8 Å². The number of amides is 3. The molecule has 4 aliphatic rings. The molecule has 0 aliphatic carbocycles. The van der Waals surface area contributed by atoms with Gasteiger partial charge in [-0.05, 0) is 68.9 Å². The standard InChI is InChI=1S/C41H55N7O4/c1-28(2)39-44-43-29(3)48(39)37-24-34-15-16-36(37)47(34)23-20-35(32-12-8-5-9-13-32)42-40(50)33-25-46(26-33)38(49)17-14-30-18-21-45(22-19-30)41(51)52-27-31-10-6-4-7-11-31/h4-13,28,30,33-37H,14-27H2,1-3H3,(H,42,50)/t34?,35-,36?,37?/m0/s1. The van der Waals surface area contributed by atoms with Gasteiger partial charge in [0.2, 0.25) is 11.8 Å². The zero-order chi connectivity index (χ0) is 36.2. The van der Waals surface area contributed by atoms with Crippen molar-refractivity contribution in [3.63, 3.8) is 0 Å². The van der Waals surface area contributed by atoms with Crippen LogP contribution in [-0.2, 0) is 20.9 Å². The number of hydrogen-bond acceptors (Lipinski definition) is 7. The molecule has 3 amide bonds. The number of hydrogen-bond donors (Lipinski definition) is 1. The van der Waals surface area contributed by atoms with Gasteiger partial charge >= 0.3 is 6.09 Å². The van der Waals surface area contributed by atoms with Crippen molar-refractivity contribution >= 4 is 17.9 Å². The van der Waals surface area contributed by atoms with Crippen molar-refractivity contribution in [1.29, 1.82) is 0 Å². The van der Waals surface area contributed by atoms with Gasteiger partial charge in [-0.25, -0.2) is 4.79 Å². The Bertz CT molecular complexity index is 1670. The molecule has 4 aliphatic heterocycles. The molecule has 52 heavy (non-hydrogen) atoms. The molecule has 11 nitrogen and oxygen atoms in total. The quantitative estimate of drug-likeness (QED) is 0.231. The smallest absolute Gasteiger partial charge is 0.410 e. The molecule has 5 heterocycles. The maximum atomic E-state index is 13.6. The van der Waals surface area contributed by atoms with Crippen molar-refractivity contribution in [2.75, 3.05) is 32.7 Å². The molecular formula is C41H55N7O4. The first-order valence-electron chi connectivity index (χ1n) is 19.5. The fraction of sp³-hybridized carbons (Fsp3) is 0.585. The zero-order valence-electron chi connectivity index (χ0n) is 31.0. The lowest BCUT2D eigenvalue weighted by Crippen LogP contribution is -2.56. The van der Waals surface area contributed by atoms with Gasteiger partial charge in [-0.3, -0.25) is 14.5 Å². The molecule has 0 radical (unpaired) electrons. The van der Waals surface area contributed by atoms with Crippen molar-refractivity contribution in [3.05, 3.63) is 83.4 Å². The number of piperidine rings is 1. The van der Waals surface area contributed by atoms with Crippen LogP contribution in [0.5, 0.6) is 0 Å². The minimum absolute atomic E-state index is 0.0355. The van der Waals surface area contributed by atoms with E-state index >= 15 is 0 Å². The van der Waals surface area contributed by atoms with Gasteiger partial charge in [0.1, 0.15) is 18.3 Å². The molecule has 2 bridgehead atoms. The SMILES string of the molecule is Cc1nnc(C(C)C)n1C1CC2CCC1N2CC[C@H](NC(=O)C1CN(C(=O)CCC2CCN(C(=O)OCc3ccccc3)CC2)C1)c1ccccc1. The maximum Gasteiger partial charge on any atom is 0.410 e. The van der Waals surface area contributed by atoms with Crippen molar-refractivity contribution < 1.29 is 19.1 Å². The van der Waals surface area contributed by atoms with E-state index in [1.807, 2.05) is 53.4 Å². The van der Waals surface area contributed by atoms with E-state index in [9.17, 15) is 14.4 Å². The van der Waals surface area contributed by atoms with Crippen LogP contribution in [0.3, 0.4) is 0 Å². The van der Waals surface area contributed by atoms with Crippen LogP contribution >= 0.6 is 0 Å². The summed E-state index contributed by atoms with van der Waals surface area (Å²) in [5.41, 5.74) is 2.10. The summed E-state index contributed by atoms with van der Waals surface area (Å²) in [6, 6.07) is 21.3. The first-order chi connectivity index (χ1) is 25.2. The summed E-state index contributed by atoms with van der Waals surface area (Å²) in [4.78, 5) is 45.5. The summed E-state index contributed by atoms with van der Waals surface area (Å²) in [5.74, 6) is 2.80. The second-order valence-corrected chi connectivity index (χ2v) is 15.7. The third kappa shape index (κ3) is 8.04. The summed E-state index contributed by atoms with van der Waals surface area (Å²) >= 11 is 0. The van der Waals surface area contributed by atoms with E-state index in [0.717, 1.165) is 61.4 Å². The number of nitrogens with one attached hydrogen (secondary N) is 1. The topological polar surface area (TPSA) is 113 Å². The third-order valence-electron chi connectivity index (χ3n) is 12.0. The highest BCUT2D eigenvalue weighted by Gasteiger charge is 2.48. The van der Waals surface area contributed by atoms with Gasteiger partial charge in [0.05, 0.1) is 18.0 Å². The lowest BCUT2D eigenvalue weighted by Gasteiger charge is -2.39. The van der Waals surface area contributed by atoms with E-state index in [-0.39, 0.29) is 36.5 Å². The van der Waals surface area contributed by atoms with Crippen LogP contribution in [0.25, 0.3) is 0 Å². The zero-order valence-corrected chi connectivity index (χ0v) is 31.0. The van der Waals surface area contributed by atoms with Gasteiger partial charge in [0.15, 0.2) is 0 Å². The number of fused-ring (bicyclic) bond motifs is 2. The lowest BCUT2D eigenvalue weighted by molar-refractivity contribution is -0.143. The molecule has 3 unspecified atom stereocenters. The van der Waals surface area contributed by atoms with E-state index in [1.54, 1.807) is 4.90 Å². The molecule has 4 saturated heterocycles. The molecule has 278 valence electrons. The largest absolute Gasteiger partial charge is 0.445 e. The minimum atomic E-state index is -0.270. The average Bonchev–Trinajstić information content (AvgIpc) is 3.83. The van der Waals surface area contributed by atoms with E-state index in [4.69, 9.17) is 4.74 Å². The number of nitrogens with zero attached hydrogens (tertiary/aromatic N) is 6. The van der Waals surface area contributed by atoms with Crippen LogP contribution in [-0.4, -0.2) is 92.2 Å². The van der Waals surface area contributed by atoms with Crippen molar-refractivity contribution in [3.8, 4) is 0 Å². The van der Waals surface area contributed by atoms with Gasteiger partial charge in [0, 0.05) is 57.1 Å². The fourth-order valence-electron chi connectivity index (χ4n) is 9.01. The van der Waals surface area contributed by atoms with Crippen molar-refractivity contribution in [1.82, 2.24) is 34.8 Å². The Labute approximate surface area is 308 Å². The first kappa shape index (κ1) is 36.1. The van der Waals surface area contributed by atoms with Crippen LogP contribution in [0.15, 0.2) is 60.7 Å². The van der Waals surface area contributed by atoms with Gasteiger partial charge in [-0.15, -0.1) is 10.2 Å². The highest BCUT2D eigenvalue weighted by Crippen LogP contribution is 2.46. The van der Waals surface area contributed by atoms with Crippen molar-refractivity contribution in [2.24, 2.45) is 11.8 Å². The first-order valence-corrected chi connectivity index (χ1v) is 19.5. The van der Waals surface area contributed by atoms with E-state index < -0.39 is 0 Å². The summed E-state index contributed by atoms with van der Waals surface area (Å²) in [5, 5.41) is 12.3. The van der Waals surface area contributed by atoms with Crippen LogP contribution < -0.4 is 5.32 Å². The van der Waals surface area contributed by atoms with E-state index in [2.05, 4.69) is 57.9 Å². The van der Waals surface area contributed by atoms with Crippen LogP contribution in [0.1, 0.15) is 106 Å². The Kier molecular flexibility index (Phi) is 11.2. The Hall–Kier alpha value is -4.25. The third-order valence-corrected chi connectivity index (χ3v) is 12.0. The molecule has 1 N–H and O–H groups in total. The molecule has 4 atom stereocenters. The Morgan fingerprint density at radius 1 is 0.885 bits per heavy atom. The predicted molar refractivity (Wildman–Crippen MR) is 198 cm³/mol. The highest BCUT2D eigenvalue weighted by atomic mass is 16.6. The second kappa shape index (κ2) is 16.2. The number of aryl methyl sites for hydroxylation is 1. The molecule has 3 aromatic rings. The predicted octanol–water partition coefficient (Wildman–Crippen LogP) is 6.02. The Balaban J connectivity index is 0.852. The molecular weight excluding hydrogens is 654 g/mol. The number of carbonyl (C=O) groups is 3. The van der Waals surface area contributed by atoms with Crippen molar-refractivity contribution in [2.45, 2.75) is 109 Å². The highest BCUT2D eigenvalue weighted by molar-refractivity contribution is 5.84. The fourth-order valence-corrected chi connectivity index (χ4v) is 9.01. The number of carbonyl (C=O) groups excluding carboxylic acids is 3. The Morgan fingerprint density at radius 2 is 1.60 bits per heavy atom. The number of likely N-dealkylation sites (tertiary alicyclic amines) is 2. The van der Waals surface area contributed by atoms with E-state index in [0.29, 0.717) is 62.6 Å². The molecule has 2 aromatic carbocycles. The number of aromatic nitrogens is 3. The summed E-state index contributed by atoms with van der Waals surface area (Å²) in [6.07, 6.45) is 7.14. The average molecular weight is 710 g/mol. The number of benzene rings is 2. The van der Waals surface area contributed by atoms with Crippen LogP contribution in [0.4, 0.5) is 4.79 Å². The molecule has 11 heteroatoms. The monoisotopic (exact) mass is 709 g/mol. The molecule has 7 rings (SSSR count).